The molecule has 0 aliphatic rings. The number of nitrogens with zero attached hydrogens (tertiary/aromatic N) is 1. The highest BCUT2D eigenvalue weighted by molar-refractivity contribution is 5.84. The van der Waals surface area contributed by atoms with Crippen molar-refractivity contribution in [3.05, 3.63) is 63.6 Å². The molecule has 2 aromatic rings. The van der Waals surface area contributed by atoms with Gasteiger partial charge < -0.3 is 19.2 Å². The fourth-order valence-corrected chi connectivity index (χ4v) is 3.86. The zero-order valence-electron chi connectivity index (χ0n) is 21.7. The van der Waals surface area contributed by atoms with Gasteiger partial charge in [0, 0.05) is 11.3 Å². The molecule has 1 aromatic heterocycles. The highest BCUT2D eigenvalue weighted by atomic mass is 16.6. The van der Waals surface area contributed by atoms with Crippen LogP contribution in [0.5, 0.6) is 5.75 Å². The van der Waals surface area contributed by atoms with Crippen molar-refractivity contribution < 1.29 is 28.4 Å². The van der Waals surface area contributed by atoms with Crippen LogP contribution in [0.15, 0.2) is 41.0 Å². The first-order chi connectivity index (χ1) is 16.2. The molecular weight excluding hydrogens is 452 g/mol. The Morgan fingerprint density at radius 3 is 2.03 bits per heavy atom. The molecule has 1 aromatic carbocycles. The highest BCUT2D eigenvalue weighted by Crippen LogP contribution is 2.39. The van der Waals surface area contributed by atoms with Crippen molar-refractivity contribution in [2.45, 2.75) is 90.8 Å². The number of ether oxygens (including phenoxy) is 2. The lowest BCUT2D eigenvalue weighted by atomic mass is 9.85. The molecule has 0 aliphatic heterocycles. The summed E-state index contributed by atoms with van der Waals surface area (Å²) in [4.78, 5) is 38.3. The van der Waals surface area contributed by atoms with Crippen LogP contribution >= 0.6 is 0 Å². The molecule has 2 rings (SSSR count). The van der Waals surface area contributed by atoms with E-state index in [1.807, 2.05) is 45.9 Å². The van der Waals surface area contributed by atoms with E-state index < -0.39 is 34.2 Å². The van der Waals surface area contributed by atoms with Crippen LogP contribution in [0.1, 0.15) is 96.6 Å². The second kappa shape index (κ2) is 10.9. The van der Waals surface area contributed by atoms with E-state index in [0.29, 0.717) is 5.75 Å². The number of esters is 1. The van der Waals surface area contributed by atoms with E-state index in [0.717, 1.165) is 11.1 Å². The van der Waals surface area contributed by atoms with Crippen molar-refractivity contribution in [3.63, 3.8) is 0 Å². The number of hydrogen-bond donors (Lipinski definition) is 1. The summed E-state index contributed by atoms with van der Waals surface area (Å²) in [5, 5.41) is 15.1. The van der Waals surface area contributed by atoms with E-state index in [9.17, 15) is 19.7 Å². The number of carbonyl (C=O) groups excluding carboxylic acids is 2. The minimum absolute atomic E-state index is 0.00360. The summed E-state index contributed by atoms with van der Waals surface area (Å²) in [7, 11) is 0. The van der Waals surface area contributed by atoms with Gasteiger partial charge in [-0.05, 0) is 55.9 Å². The Morgan fingerprint density at radius 1 is 1.06 bits per heavy atom. The van der Waals surface area contributed by atoms with Crippen molar-refractivity contribution >= 4 is 12.1 Å². The molecule has 0 unspecified atom stereocenters. The lowest BCUT2D eigenvalue weighted by Crippen LogP contribution is -2.58. The van der Waals surface area contributed by atoms with Gasteiger partial charge in [0.15, 0.2) is 6.04 Å². The number of rotatable bonds is 9. The van der Waals surface area contributed by atoms with Gasteiger partial charge >= 0.3 is 17.6 Å². The molecule has 0 saturated carbocycles. The number of para-hydroxylation sites is 1. The largest absolute Gasteiger partial charge is 0.467 e. The Morgan fingerprint density at radius 2 is 1.63 bits per heavy atom. The molecular formula is C26H36N2O7. The molecule has 0 bridgehead atoms. The topological polar surface area (TPSA) is 121 Å². The zero-order chi connectivity index (χ0) is 26.6. The molecule has 35 heavy (non-hydrogen) atoms. The summed E-state index contributed by atoms with van der Waals surface area (Å²) in [5.41, 5.74) is -1.72. The van der Waals surface area contributed by atoms with Gasteiger partial charge in [0.2, 0.25) is 0 Å². The standard InChI is InChI=1S/C26H36N2O7/c1-9-26(28(31)32,22(20-14-11-15-33-20)27-24(30)35-25(6,7)8)23(29)34-21-18(16(2)3)12-10-13-19(21)17(4)5/h10-17,22H,9H2,1-8H3,(H,27,30)/t22-,26+/m1/s1. The second-order valence-electron chi connectivity index (χ2n) is 10.1. The van der Waals surface area contributed by atoms with Crippen LogP contribution in [-0.2, 0) is 9.53 Å². The summed E-state index contributed by atoms with van der Waals surface area (Å²) < 4.78 is 16.6. The number of nitro groups is 1. The van der Waals surface area contributed by atoms with Gasteiger partial charge in [0.1, 0.15) is 17.1 Å². The molecule has 9 nitrogen and oxygen atoms in total. The van der Waals surface area contributed by atoms with Crippen LogP contribution in [0.4, 0.5) is 4.79 Å². The van der Waals surface area contributed by atoms with Crippen molar-refractivity contribution in [1.82, 2.24) is 5.32 Å². The summed E-state index contributed by atoms with van der Waals surface area (Å²) in [6, 6.07) is 7.05. The maximum Gasteiger partial charge on any atom is 0.408 e. The number of furan rings is 1. The maximum atomic E-state index is 13.8. The molecule has 0 radical (unpaired) electrons. The molecule has 0 spiro atoms. The molecule has 0 aliphatic carbocycles. The van der Waals surface area contributed by atoms with Crippen LogP contribution < -0.4 is 10.1 Å². The monoisotopic (exact) mass is 488 g/mol. The van der Waals surface area contributed by atoms with E-state index in [-0.39, 0.29) is 24.0 Å². The zero-order valence-corrected chi connectivity index (χ0v) is 21.7. The van der Waals surface area contributed by atoms with Crippen LogP contribution in [0, 0.1) is 10.1 Å². The summed E-state index contributed by atoms with van der Waals surface area (Å²) in [5.74, 6) is -0.754. The maximum absolute atomic E-state index is 13.8. The van der Waals surface area contributed by atoms with Crippen molar-refractivity contribution in [2.24, 2.45) is 0 Å². The van der Waals surface area contributed by atoms with E-state index >= 15 is 0 Å². The third-order valence-electron chi connectivity index (χ3n) is 5.70. The van der Waals surface area contributed by atoms with Crippen LogP contribution in [0.25, 0.3) is 0 Å². The quantitative estimate of drug-likeness (QED) is 0.195. The van der Waals surface area contributed by atoms with Gasteiger partial charge in [0.25, 0.3) is 0 Å². The van der Waals surface area contributed by atoms with Gasteiger partial charge in [0.05, 0.1) is 6.26 Å². The smallest absolute Gasteiger partial charge is 0.408 e. The average Bonchev–Trinajstić information content (AvgIpc) is 3.26. The normalized spacial score (nSPS) is 14.3. The van der Waals surface area contributed by atoms with E-state index in [4.69, 9.17) is 13.9 Å². The second-order valence-corrected chi connectivity index (χ2v) is 10.1. The lowest BCUT2D eigenvalue weighted by molar-refractivity contribution is -0.561. The molecule has 1 heterocycles. The summed E-state index contributed by atoms with van der Waals surface area (Å²) in [6.07, 6.45) is 0.119. The van der Waals surface area contributed by atoms with Crippen molar-refractivity contribution in [1.29, 1.82) is 0 Å². The van der Waals surface area contributed by atoms with Gasteiger partial charge in [-0.3, -0.25) is 10.1 Å². The SMILES string of the molecule is CC[C@@](C(=O)Oc1c(C(C)C)cccc1C(C)C)([C@H](NC(=O)OC(C)(C)C)c1ccco1)[N+](=O)[O-]. The fourth-order valence-electron chi connectivity index (χ4n) is 3.86. The first-order valence-corrected chi connectivity index (χ1v) is 11.8. The first kappa shape index (κ1) is 27.9. The number of carbonyl (C=O) groups is 2. The average molecular weight is 489 g/mol. The molecule has 9 heteroatoms. The van der Waals surface area contributed by atoms with Crippen LogP contribution in [0.2, 0.25) is 0 Å². The summed E-state index contributed by atoms with van der Waals surface area (Å²) in [6.45, 7) is 14.3. The molecule has 0 fully saturated rings. The predicted molar refractivity (Wildman–Crippen MR) is 131 cm³/mol. The Hall–Kier alpha value is -3.36. The van der Waals surface area contributed by atoms with Crippen LogP contribution in [-0.4, -0.2) is 28.1 Å². The van der Waals surface area contributed by atoms with E-state index in [2.05, 4.69) is 5.32 Å². The minimum atomic E-state index is -2.38. The Balaban J connectivity index is 2.63. The summed E-state index contributed by atoms with van der Waals surface area (Å²) >= 11 is 0. The molecule has 1 amide bonds. The third kappa shape index (κ3) is 6.21. The number of benzene rings is 1. The van der Waals surface area contributed by atoms with E-state index in [1.54, 1.807) is 20.8 Å². The number of nitrogens with one attached hydrogen (secondary N) is 1. The Bertz CT molecular complexity index is 1010. The third-order valence-corrected chi connectivity index (χ3v) is 5.70. The fraction of sp³-hybridized carbons (Fsp3) is 0.538. The van der Waals surface area contributed by atoms with Crippen molar-refractivity contribution in [3.8, 4) is 5.75 Å². The number of alkyl carbamates (subject to hydrolysis) is 1. The van der Waals surface area contributed by atoms with Crippen molar-refractivity contribution in [2.75, 3.05) is 0 Å². The predicted octanol–water partition coefficient (Wildman–Crippen LogP) is 6.12. The molecule has 0 saturated heterocycles. The van der Waals surface area contributed by atoms with Gasteiger partial charge in [-0.15, -0.1) is 0 Å². The van der Waals surface area contributed by atoms with Gasteiger partial charge in [-0.25, -0.2) is 9.59 Å². The van der Waals surface area contributed by atoms with Gasteiger partial charge in [-0.2, -0.15) is 0 Å². The molecule has 1 N–H and O–H groups in total. The van der Waals surface area contributed by atoms with Gasteiger partial charge in [-0.1, -0.05) is 52.8 Å². The lowest BCUT2D eigenvalue weighted by Gasteiger charge is -2.31. The molecule has 192 valence electrons. The minimum Gasteiger partial charge on any atom is -0.467 e. The highest BCUT2D eigenvalue weighted by Gasteiger charge is 2.61. The first-order valence-electron chi connectivity index (χ1n) is 11.8. The molecule has 2 atom stereocenters. The Labute approximate surface area is 206 Å². The van der Waals surface area contributed by atoms with Crippen LogP contribution in [0.3, 0.4) is 0 Å². The Kier molecular flexibility index (Phi) is 8.70. The number of amides is 1. The van der Waals surface area contributed by atoms with E-state index in [1.165, 1.54) is 25.3 Å². The number of hydrogen-bond acceptors (Lipinski definition) is 7.